The molecule has 194 valence electrons. The van der Waals surface area contributed by atoms with Gasteiger partial charge in [-0.1, -0.05) is 48.5 Å². The monoisotopic (exact) mass is 500 g/mol. The first-order valence-electron chi connectivity index (χ1n) is 13.3. The number of nitrogens with zero attached hydrogens (tertiary/aromatic N) is 4. The number of benzene rings is 2. The van der Waals surface area contributed by atoms with Crippen LogP contribution in [0.15, 0.2) is 66.9 Å². The fourth-order valence-corrected chi connectivity index (χ4v) is 5.46. The summed E-state index contributed by atoms with van der Waals surface area (Å²) in [5.41, 5.74) is 3.32. The van der Waals surface area contributed by atoms with Crippen LogP contribution < -0.4 is 0 Å². The molecule has 5 rings (SSSR count). The maximum absolute atomic E-state index is 13.8. The number of carbonyl (C=O) groups excluding carboxylic acids is 2. The number of amides is 2. The summed E-state index contributed by atoms with van der Waals surface area (Å²) < 4.78 is 7.50. The Bertz CT molecular complexity index is 1220. The Balaban J connectivity index is 1.38. The van der Waals surface area contributed by atoms with Gasteiger partial charge in [0.25, 0.3) is 5.91 Å². The molecule has 3 aromatic rings. The van der Waals surface area contributed by atoms with Crippen LogP contribution >= 0.6 is 0 Å². The van der Waals surface area contributed by atoms with Gasteiger partial charge >= 0.3 is 6.09 Å². The molecule has 3 heterocycles. The van der Waals surface area contributed by atoms with Crippen LogP contribution in [-0.4, -0.2) is 63.4 Å². The van der Waals surface area contributed by atoms with Crippen molar-refractivity contribution in [2.75, 3.05) is 26.2 Å². The molecule has 2 saturated heterocycles. The molecule has 0 radical (unpaired) electrons. The van der Waals surface area contributed by atoms with E-state index in [0.29, 0.717) is 24.6 Å². The molecule has 0 bridgehead atoms. The Morgan fingerprint density at radius 2 is 1.43 bits per heavy atom. The highest BCUT2D eigenvalue weighted by molar-refractivity contribution is 5.95. The molecule has 0 aliphatic carbocycles. The summed E-state index contributed by atoms with van der Waals surface area (Å²) in [5, 5.41) is 4.70. The molecule has 37 heavy (non-hydrogen) atoms. The highest BCUT2D eigenvalue weighted by Crippen LogP contribution is 2.35. The van der Waals surface area contributed by atoms with Gasteiger partial charge in [-0.25, -0.2) is 9.48 Å². The molecule has 2 amide bonds. The summed E-state index contributed by atoms with van der Waals surface area (Å²) in [6, 6.07) is 20.4. The molecule has 2 fully saturated rings. The number of piperidine rings is 1. The Hall–Kier alpha value is -3.61. The van der Waals surface area contributed by atoms with Crippen LogP contribution in [0.2, 0.25) is 0 Å². The maximum atomic E-state index is 13.8. The van der Waals surface area contributed by atoms with Crippen LogP contribution in [0.25, 0.3) is 5.69 Å². The smallest absolute Gasteiger partial charge is 0.410 e. The largest absolute Gasteiger partial charge is 0.444 e. The van der Waals surface area contributed by atoms with E-state index < -0.39 is 5.60 Å². The zero-order valence-electron chi connectivity index (χ0n) is 22.0. The number of hydrogen-bond donors (Lipinski definition) is 0. The molecule has 1 aromatic heterocycles. The lowest BCUT2D eigenvalue weighted by Crippen LogP contribution is -2.41. The molecular formula is C30H36N4O3. The van der Waals surface area contributed by atoms with Crippen LogP contribution in [0, 0.1) is 0 Å². The molecule has 0 N–H and O–H groups in total. The van der Waals surface area contributed by atoms with E-state index in [4.69, 9.17) is 9.84 Å². The van der Waals surface area contributed by atoms with E-state index in [1.165, 1.54) is 5.56 Å². The second-order valence-electron chi connectivity index (χ2n) is 11.1. The Morgan fingerprint density at radius 1 is 0.838 bits per heavy atom. The van der Waals surface area contributed by atoms with Crippen molar-refractivity contribution >= 4 is 12.0 Å². The van der Waals surface area contributed by atoms with Gasteiger partial charge in [0, 0.05) is 38.0 Å². The van der Waals surface area contributed by atoms with Gasteiger partial charge in [0.2, 0.25) is 0 Å². The van der Waals surface area contributed by atoms with Gasteiger partial charge in [-0.2, -0.15) is 5.10 Å². The molecule has 1 atom stereocenters. The first-order valence-corrected chi connectivity index (χ1v) is 13.3. The van der Waals surface area contributed by atoms with Crippen LogP contribution in [-0.2, 0) is 4.74 Å². The number of para-hydroxylation sites is 1. The lowest BCUT2D eigenvalue weighted by Gasteiger charge is -2.34. The molecule has 2 aliphatic heterocycles. The number of aromatic nitrogens is 2. The zero-order chi connectivity index (χ0) is 26.0. The number of rotatable bonds is 4. The summed E-state index contributed by atoms with van der Waals surface area (Å²) in [4.78, 5) is 30.2. The zero-order valence-corrected chi connectivity index (χ0v) is 22.0. The quantitative estimate of drug-likeness (QED) is 0.467. The maximum Gasteiger partial charge on any atom is 0.410 e. The van der Waals surface area contributed by atoms with Gasteiger partial charge in [-0.15, -0.1) is 0 Å². The van der Waals surface area contributed by atoms with E-state index in [1.807, 2.05) is 66.8 Å². The average molecular weight is 501 g/mol. The van der Waals surface area contributed by atoms with Gasteiger partial charge in [0.1, 0.15) is 5.60 Å². The van der Waals surface area contributed by atoms with Gasteiger partial charge in [-0.3, -0.25) is 4.79 Å². The van der Waals surface area contributed by atoms with Crippen LogP contribution in [0.5, 0.6) is 0 Å². The molecular weight excluding hydrogens is 464 g/mol. The van der Waals surface area contributed by atoms with E-state index in [0.717, 1.165) is 43.7 Å². The highest BCUT2D eigenvalue weighted by Gasteiger charge is 2.35. The molecule has 7 nitrogen and oxygen atoms in total. The van der Waals surface area contributed by atoms with E-state index in [1.54, 1.807) is 11.1 Å². The Kier molecular flexibility index (Phi) is 7.04. The minimum absolute atomic E-state index is 0.0465. The average Bonchev–Trinajstić information content (AvgIpc) is 3.57. The second kappa shape index (κ2) is 10.4. The molecule has 1 unspecified atom stereocenters. The molecule has 0 spiro atoms. The van der Waals surface area contributed by atoms with Crippen LogP contribution in [0.3, 0.4) is 0 Å². The Labute approximate surface area is 219 Å². The number of ether oxygens (including phenoxy) is 1. The van der Waals surface area contributed by atoms with E-state index in [-0.39, 0.29) is 17.9 Å². The number of likely N-dealkylation sites (tertiary alicyclic amines) is 2. The molecule has 2 aliphatic rings. The minimum Gasteiger partial charge on any atom is -0.444 e. The first-order chi connectivity index (χ1) is 17.8. The van der Waals surface area contributed by atoms with Crippen molar-refractivity contribution in [3.8, 4) is 5.69 Å². The van der Waals surface area contributed by atoms with Crippen molar-refractivity contribution in [2.45, 2.75) is 57.5 Å². The third-order valence-corrected chi connectivity index (χ3v) is 7.32. The normalized spacial score (nSPS) is 18.7. The van der Waals surface area contributed by atoms with Crippen LogP contribution in [0.1, 0.15) is 73.5 Å². The van der Waals surface area contributed by atoms with E-state index in [2.05, 4.69) is 24.3 Å². The topological polar surface area (TPSA) is 67.7 Å². The summed E-state index contributed by atoms with van der Waals surface area (Å²) in [6.45, 7) is 8.29. The summed E-state index contributed by atoms with van der Waals surface area (Å²) in [7, 11) is 0. The third kappa shape index (κ3) is 5.55. The highest BCUT2D eigenvalue weighted by atomic mass is 16.6. The van der Waals surface area contributed by atoms with Crippen molar-refractivity contribution in [1.82, 2.24) is 19.6 Å². The second-order valence-corrected chi connectivity index (χ2v) is 11.1. The fourth-order valence-electron chi connectivity index (χ4n) is 5.46. The third-order valence-electron chi connectivity index (χ3n) is 7.32. The van der Waals surface area contributed by atoms with Gasteiger partial charge in [-0.05, 0) is 57.7 Å². The summed E-state index contributed by atoms with van der Waals surface area (Å²) in [6.07, 6.45) is 3.94. The van der Waals surface area contributed by atoms with E-state index >= 15 is 0 Å². The fraction of sp³-hybridized carbons (Fsp3) is 0.433. The molecule has 0 saturated carbocycles. The molecule has 7 heteroatoms. The number of hydrogen-bond acceptors (Lipinski definition) is 4. The van der Waals surface area contributed by atoms with Crippen molar-refractivity contribution in [2.24, 2.45) is 0 Å². The lowest BCUT2D eigenvalue weighted by atomic mass is 9.90. The lowest BCUT2D eigenvalue weighted by molar-refractivity contribution is 0.0203. The first kappa shape index (κ1) is 25.1. The van der Waals surface area contributed by atoms with Gasteiger partial charge < -0.3 is 14.5 Å². The SMILES string of the molecule is CC(C)(C)OC(=O)N1CCC(c2c(C(=O)N3CCC(c4ccccc4)C3)cnn2-c2ccccc2)CC1. The van der Waals surface area contributed by atoms with Crippen molar-refractivity contribution in [3.05, 3.63) is 83.7 Å². The summed E-state index contributed by atoms with van der Waals surface area (Å²) in [5.74, 6) is 0.521. The predicted molar refractivity (Wildman–Crippen MR) is 143 cm³/mol. The standard InChI is InChI=1S/C30H36N4O3/c1-30(2,3)37-29(36)32-17-14-23(15-18-32)27-26(20-31-34(27)25-12-8-5-9-13-25)28(35)33-19-16-24(21-33)22-10-6-4-7-11-22/h4-13,20,23-24H,14-19,21H2,1-3H3. The van der Waals surface area contributed by atoms with Crippen LogP contribution in [0.4, 0.5) is 4.79 Å². The Morgan fingerprint density at radius 3 is 2.08 bits per heavy atom. The number of carbonyl (C=O) groups is 2. The van der Waals surface area contributed by atoms with Crippen molar-refractivity contribution < 1.29 is 14.3 Å². The van der Waals surface area contributed by atoms with Gasteiger partial charge in [0.15, 0.2) is 0 Å². The van der Waals surface area contributed by atoms with Crippen molar-refractivity contribution in [1.29, 1.82) is 0 Å². The van der Waals surface area contributed by atoms with E-state index in [9.17, 15) is 9.59 Å². The van der Waals surface area contributed by atoms with Gasteiger partial charge in [0.05, 0.1) is 23.1 Å². The summed E-state index contributed by atoms with van der Waals surface area (Å²) >= 11 is 0. The molecule has 2 aromatic carbocycles. The van der Waals surface area contributed by atoms with Crippen molar-refractivity contribution in [3.63, 3.8) is 0 Å². The predicted octanol–water partition coefficient (Wildman–Crippen LogP) is 5.62. The minimum atomic E-state index is -0.521.